The molecule has 2 nitrogen and oxygen atoms in total. The van der Waals surface area contributed by atoms with E-state index in [4.69, 9.17) is 10.7 Å². The van der Waals surface area contributed by atoms with Crippen LogP contribution in [0.4, 0.5) is 0 Å². The van der Waals surface area contributed by atoms with Gasteiger partial charge in [0.25, 0.3) is 9.05 Å². The molecule has 0 aliphatic carbocycles. The van der Waals surface area contributed by atoms with Crippen LogP contribution in [0.2, 0.25) is 0 Å². The van der Waals surface area contributed by atoms with Gasteiger partial charge in [-0.15, -0.1) is 0 Å². The van der Waals surface area contributed by atoms with Crippen molar-refractivity contribution < 1.29 is 8.42 Å². The van der Waals surface area contributed by atoms with E-state index in [0.29, 0.717) is 5.56 Å². The molecule has 13 heavy (non-hydrogen) atoms. The Labute approximate surface area is 103 Å². The minimum absolute atomic E-state index is 0.168. The lowest BCUT2D eigenvalue weighted by atomic mass is 10.2. The van der Waals surface area contributed by atoms with Gasteiger partial charge in [-0.25, -0.2) is 8.42 Å². The van der Waals surface area contributed by atoms with E-state index < -0.39 is 9.05 Å². The van der Waals surface area contributed by atoms with E-state index in [1.807, 2.05) is 0 Å². The van der Waals surface area contributed by atoms with E-state index in [0.717, 1.165) is 8.04 Å². The number of hydrogen-bond acceptors (Lipinski definition) is 2. The quantitative estimate of drug-likeness (QED) is 0.540. The highest BCUT2D eigenvalue weighted by molar-refractivity contribution is 14.1. The van der Waals surface area contributed by atoms with E-state index in [9.17, 15) is 8.42 Å². The molecule has 0 unspecified atom stereocenters. The van der Waals surface area contributed by atoms with Gasteiger partial charge < -0.3 is 0 Å². The molecular weight excluding hydrogens is 390 g/mol. The van der Waals surface area contributed by atoms with Crippen molar-refractivity contribution in [3.63, 3.8) is 0 Å². The molecule has 0 fully saturated rings. The molecule has 0 atom stereocenters. The van der Waals surface area contributed by atoms with E-state index in [1.54, 1.807) is 13.0 Å². The Kier molecular flexibility index (Phi) is 3.65. The van der Waals surface area contributed by atoms with Crippen molar-refractivity contribution in [1.29, 1.82) is 0 Å². The predicted octanol–water partition coefficient (Wildman–Crippen LogP) is 3.29. The maximum atomic E-state index is 11.1. The summed E-state index contributed by atoms with van der Waals surface area (Å²) in [6.45, 7) is 1.72. The van der Waals surface area contributed by atoms with Gasteiger partial charge in [0.15, 0.2) is 0 Å². The molecule has 0 heterocycles. The van der Waals surface area contributed by atoms with E-state index >= 15 is 0 Å². The van der Waals surface area contributed by atoms with E-state index in [2.05, 4.69) is 38.5 Å². The molecule has 0 aliphatic rings. The van der Waals surface area contributed by atoms with Crippen LogP contribution >= 0.6 is 49.2 Å². The molecule has 0 amide bonds. The van der Waals surface area contributed by atoms with Gasteiger partial charge in [-0.3, -0.25) is 0 Å². The minimum atomic E-state index is -3.63. The molecule has 0 N–H and O–H groups in total. The lowest BCUT2D eigenvalue weighted by Crippen LogP contribution is -1.96. The summed E-state index contributed by atoms with van der Waals surface area (Å²) < 4.78 is 23.9. The van der Waals surface area contributed by atoms with Crippen LogP contribution in [0.25, 0.3) is 0 Å². The maximum absolute atomic E-state index is 11.1. The normalized spacial score (nSPS) is 11.7. The van der Waals surface area contributed by atoms with Gasteiger partial charge in [0, 0.05) is 18.7 Å². The summed E-state index contributed by atoms with van der Waals surface area (Å²) >= 11 is 5.37. The number of benzene rings is 1. The monoisotopic (exact) mass is 394 g/mol. The molecule has 0 spiro atoms. The van der Waals surface area contributed by atoms with Crippen LogP contribution in [0.1, 0.15) is 5.56 Å². The summed E-state index contributed by atoms with van der Waals surface area (Å²) in [7, 11) is 1.62. The van der Waals surface area contributed by atoms with Crippen LogP contribution in [-0.2, 0) is 9.05 Å². The SMILES string of the molecule is Cc1c(S(=O)(=O)Cl)ccc(Br)c1I. The van der Waals surface area contributed by atoms with Crippen LogP contribution in [0.15, 0.2) is 21.5 Å². The van der Waals surface area contributed by atoms with Crippen molar-refractivity contribution >= 4 is 58.3 Å². The molecule has 0 aromatic heterocycles. The zero-order valence-electron chi connectivity index (χ0n) is 6.51. The van der Waals surface area contributed by atoms with Gasteiger partial charge in [0.2, 0.25) is 0 Å². The Hall–Kier alpha value is 0.670. The second kappa shape index (κ2) is 4.04. The topological polar surface area (TPSA) is 34.1 Å². The minimum Gasteiger partial charge on any atom is -0.207 e. The molecule has 1 aromatic rings. The fourth-order valence-corrected chi connectivity index (χ4v) is 3.18. The van der Waals surface area contributed by atoms with Gasteiger partial charge in [0.1, 0.15) is 0 Å². The summed E-state index contributed by atoms with van der Waals surface area (Å²) in [6.07, 6.45) is 0. The third-order valence-corrected chi connectivity index (χ3v) is 5.81. The van der Waals surface area contributed by atoms with Crippen LogP contribution in [0.3, 0.4) is 0 Å². The largest absolute Gasteiger partial charge is 0.261 e. The molecule has 0 radical (unpaired) electrons. The van der Waals surface area contributed by atoms with Crippen molar-refractivity contribution in [2.24, 2.45) is 0 Å². The highest BCUT2D eigenvalue weighted by Gasteiger charge is 2.15. The molecule has 0 saturated heterocycles. The first-order valence-electron chi connectivity index (χ1n) is 3.23. The molecule has 0 saturated carbocycles. The Morgan fingerprint density at radius 2 is 2.00 bits per heavy atom. The first-order chi connectivity index (χ1) is 5.84. The molecule has 1 rings (SSSR count). The van der Waals surface area contributed by atoms with Crippen molar-refractivity contribution in [2.45, 2.75) is 11.8 Å². The van der Waals surface area contributed by atoms with Crippen molar-refractivity contribution in [1.82, 2.24) is 0 Å². The van der Waals surface area contributed by atoms with Crippen LogP contribution in [0, 0.1) is 10.5 Å². The predicted molar refractivity (Wildman–Crippen MR) is 64.6 cm³/mol. The molecule has 1 aromatic carbocycles. The standard InChI is InChI=1S/C7H5BrClIO2S/c1-4-6(13(9,11)12)3-2-5(8)7(4)10/h2-3H,1H3. The number of rotatable bonds is 1. The molecular formula is C7H5BrClIO2S. The summed E-state index contributed by atoms with van der Waals surface area (Å²) in [5.74, 6) is 0. The Morgan fingerprint density at radius 1 is 1.46 bits per heavy atom. The van der Waals surface area contributed by atoms with Crippen LogP contribution < -0.4 is 0 Å². The Balaban J connectivity index is 3.53. The van der Waals surface area contributed by atoms with Gasteiger partial charge in [0.05, 0.1) is 4.90 Å². The average molecular weight is 395 g/mol. The number of halogens is 3. The fourth-order valence-electron chi connectivity index (χ4n) is 0.898. The van der Waals surface area contributed by atoms with Gasteiger partial charge in [-0.05, 0) is 63.1 Å². The van der Waals surface area contributed by atoms with Crippen LogP contribution in [0.5, 0.6) is 0 Å². The Morgan fingerprint density at radius 3 is 2.46 bits per heavy atom. The lowest BCUT2D eigenvalue weighted by molar-refractivity contribution is 0.609. The summed E-state index contributed by atoms with van der Waals surface area (Å²) in [4.78, 5) is 0.168. The third kappa shape index (κ3) is 2.57. The first kappa shape index (κ1) is 11.7. The van der Waals surface area contributed by atoms with Crippen molar-refractivity contribution in [3.8, 4) is 0 Å². The summed E-state index contributed by atoms with van der Waals surface area (Å²) in [5.41, 5.74) is 0.671. The second-order valence-electron chi connectivity index (χ2n) is 2.42. The van der Waals surface area contributed by atoms with Crippen LogP contribution in [-0.4, -0.2) is 8.42 Å². The Bertz CT molecular complexity index is 444. The highest BCUT2D eigenvalue weighted by Crippen LogP contribution is 2.29. The van der Waals surface area contributed by atoms with E-state index in [1.165, 1.54) is 6.07 Å². The van der Waals surface area contributed by atoms with Gasteiger partial charge >= 0.3 is 0 Å². The maximum Gasteiger partial charge on any atom is 0.261 e. The average Bonchev–Trinajstić information content (AvgIpc) is 1.98. The highest BCUT2D eigenvalue weighted by atomic mass is 127. The summed E-state index contributed by atoms with van der Waals surface area (Å²) in [6, 6.07) is 3.16. The first-order valence-corrected chi connectivity index (χ1v) is 7.41. The van der Waals surface area contributed by atoms with E-state index in [-0.39, 0.29) is 4.90 Å². The molecule has 0 bridgehead atoms. The zero-order valence-corrected chi connectivity index (χ0v) is 11.8. The molecule has 0 aliphatic heterocycles. The van der Waals surface area contributed by atoms with Crippen molar-refractivity contribution in [3.05, 3.63) is 25.7 Å². The smallest absolute Gasteiger partial charge is 0.207 e. The third-order valence-electron chi connectivity index (χ3n) is 1.55. The lowest BCUT2D eigenvalue weighted by Gasteiger charge is -2.05. The fraction of sp³-hybridized carbons (Fsp3) is 0.143. The second-order valence-corrected chi connectivity index (χ2v) is 6.89. The van der Waals surface area contributed by atoms with Crippen molar-refractivity contribution in [2.75, 3.05) is 0 Å². The number of hydrogen-bond donors (Lipinski definition) is 0. The van der Waals surface area contributed by atoms with Gasteiger partial charge in [-0.2, -0.15) is 0 Å². The molecule has 72 valence electrons. The summed E-state index contributed by atoms with van der Waals surface area (Å²) in [5, 5.41) is 0. The van der Waals surface area contributed by atoms with Gasteiger partial charge in [-0.1, -0.05) is 0 Å². The zero-order chi connectivity index (χ0) is 10.2. The molecule has 6 heteroatoms.